The van der Waals surface area contributed by atoms with Gasteiger partial charge in [-0.15, -0.1) is 0 Å². The van der Waals surface area contributed by atoms with E-state index in [-0.39, 0.29) is 5.91 Å². The summed E-state index contributed by atoms with van der Waals surface area (Å²) in [5, 5.41) is 3.01. The second-order valence-electron chi connectivity index (χ2n) is 5.73. The normalized spacial score (nSPS) is 17.6. The minimum atomic E-state index is -0.718. The molecule has 2 rings (SSSR count). The van der Waals surface area contributed by atoms with Crippen LogP contribution in [0.2, 0.25) is 0 Å². The van der Waals surface area contributed by atoms with Crippen molar-refractivity contribution in [1.29, 1.82) is 0 Å². The van der Waals surface area contributed by atoms with E-state index in [1.54, 1.807) is 0 Å². The molecule has 1 fully saturated rings. The molecule has 0 radical (unpaired) electrons. The molecule has 0 aliphatic heterocycles. The van der Waals surface area contributed by atoms with Gasteiger partial charge < -0.3 is 16.0 Å². The van der Waals surface area contributed by atoms with Crippen molar-refractivity contribution in [2.24, 2.45) is 5.73 Å². The number of hydrogen-bond acceptors (Lipinski definition) is 3. The van der Waals surface area contributed by atoms with Gasteiger partial charge in [0.15, 0.2) is 0 Å². The number of nitrogens with zero attached hydrogens (tertiary/aromatic N) is 1. The molecule has 1 aliphatic carbocycles. The molecule has 1 aromatic rings. The molecule has 20 heavy (non-hydrogen) atoms. The van der Waals surface area contributed by atoms with Crippen LogP contribution in [0, 0.1) is 0 Å². The van der Waals surface area contributed by atoms with Crippen LogP contribution in [0.5, 0.6) is 0 Å². The van der Waals surface area contributed by atoms with Gasteiger partial charge in [0.05, 0.1) is 16.9 Å². The van der Waals surface area contributed by atoms with Gasteiger partial charge in [0, 0.05) is 18.6 Å². The molecule has 1 aliphatic rings. The van der Waals surface area contributed by atoms with Crippen molar-refractivity contribution >= 4 is 33.2 Å². The van der Waals surface area contributed by atoms with E-state index < -0.39 is 5.54 Å². The lowest BCUT2D eigenvalue weighted by Gasteiger charge is -2.32. The van der Waals surface area contributed by atoms with E-state index in [0.29, 0.717) is 0 Å². The van der Waals surface area contributed by atoms with E-state index in [1.807, 2.05) is 37.2 Å². The fraction of sp³-hybridized carbons (Fsp3) is 0.533. The second kappa shape index (κ2) is 6.14. The van der Waals surface area contributed by atoms with E-state index in [0.717, 1.165) is 41.5 Å². The van der Waals surface area contributed by atoms with Gasteiger partial charge >= 0.3 is 0 Å². The first-order valence-electron chi connectivity index (χ1n) is 6.99. The number of halogens is 1. The highest BCUT2D eigenvalue weighted by molar-refractivity contribution is 9.10. The van der Waals surface area contributed by atoms with Crippen LogP contribution in [0.15, 0.2) is 22.7 Å². The molecule has 3 N–H and O–H groups in total. The molecule has 1 amide bonds. The zero-order valence-corrected chi connectivity index (χ0v) is 13.7. The highest BCUT2D eigenvalue weighted by atomic mass is 79.9. The van der Waals surface area contributed by atoms with Crippen LogP contribution in [0.4, 0.5) is 11.4 Å². The van der Waals surface area contributed by atoms with Crippen LogP contribution in [-0.2, 0) is 4.79 Å². The number of carbonyl (C=O) groups excluding carboxylic acids is 1. The van der Waals surface area contributed by atoms with Crippen LogP contribution in [0.1, 0.15) is 32.1 Å². The maximum absolute atomic E-state index is 12.5. The third kappa shape index (κ3) is 3.33. The predicted octanol–water partition coefficient (Wildman–Crippen LogP) is 3.12. The summed E-state index contributed by atoms with van der Waals surface area (Å²) in [4.78, 5) is 14.5. The number of nitrogens with two attached hydrogens (primary N) is 1. The summed E-state index contributed by atoms with van der Waals surface area (Å²) in [5.41, 5.74) is 7.33. The summed E-state index contributed by atoms with van der Waals surface area (Å²) >= 11 is 3.44. The Hall–Kier alpha value is -1.07. The van der Waals surface area contributed by atoms with E-state index in [1.165, 1.54) is 6.42 Å². The van der Waals surface area contributed by atoms with Crippen molar-refractivity contribution in [3.8, 4) is 0 Å². The van der Waals surface area contributed by atoms with Crippen LogP contribution >= 0.6 is 15.9 Å². The van der Waals surface area contributed by atoms with Crippen molar-refractivity contribution in [2.45, 2.75) is 37.6 Å². The van der Waals surface area contributed by atoms with Gasteiger partial charge in [-0.25, -0.2) is 0 Å². The number of benzene rings is 1. The van der Waals surface area contributed by atoms with Crippen LogP contribution < -0.4 is 16.0 Å². The van der Waals surface area contributed by atoms with Crippen LogP contribution in [0.3, 0.4) is 0 Å². The van der Waals surface area contributed by atoms with Gasteiger partial charge in [0.1, 0.15) is 0 Å². The fourth-order valence-electron chi connectivity index (χ4n) is 2.65. The van der Waals surface area contributed by atoms with Gasteiger partial charge in [-0.3, -0.25) is 4.79 Å². The summed E-state index contributed by atoms with van der Waals surface area (Å²) in [6, 6.07) is 5.85. The van der Waals surface area contributed by atoms with E-state index in [2.05, 4.69) is 21.2 Å². The molecule has 5 heteroatoms. The zero-order chi connectivity index (χ0) is 14.8. The largest absolute Gasteiger partial charge is 0.376 e. The monoisotopic (exact) mass is 339 g/mol. The maximum atomic E-state index is 12.5. The molecule has 0 bridgehead atoms. The summed E-state index contributed by atoms with van der Waals surface area (Å²) in [6.45, 7) is 0. The summed E-state index contributed by atoms with van der Waals surface area (Å²) < 4.78 is 0.938. The molecular weight excluding hydrogens is 318 g/mol. The van der Waals surface area contributed by atoms with Crippen molar-refractivity contribution in [2.75, 3.05) is 24.3 Å². The van der Waals surface area contributed by atoms with Crippen LogP contribution in [-0.4, -0.2) is 25.5 Å². The molecule has 0 aromatic heterocycles. The number of anilines is 2. The van der Waals surface area contributed by atoms with Crippen molar-refractivity contribution < 1.29 is 4.79 Å². The Bertz CT molecular complexity index is 496. The Morgan fingerprint density at radius 1 is 1.30 bits per heavy atom. The molecule has 0 heterocycles. The molecule has 110 valence electrons. The lowest BCUT2D eigenvalue weighted by atomic mass is 9.82. The van der Waals surface area contributed by atoms with Gasteiger partial charge in [0.25, 0.3) is 0 Å². The number of nitrogens with one attached hydrogen (secondary N) is 1. The molecule has 0 saturated heterocycles. The molecular formula is C15H22BrN3O. The van der Waals surface area contributed by atoms with Gasteiger partial charge in [0.2, 0.25) is 5.91 Å². The second-order valence-corrected chi connectivity index (χ2v) is 6.64. The quantitative estimate of drug-likeness (QED) is 0.889. The molecule has 0 unspecified atom stereocenters. The number of amides is 1. The Morgan fingerprint density at radius 3 is 2.55 bits per heavy atom. The molecule has 1 saturated carbocycles. The molecule has 0 atom stereocenters. The molecule has 0 spiro atoms. The lowest BCUT2D eigenvalue weighted by Crippen LogP contribution is -2.52. The average molecular weight is 340 g/mol. The minimum absolute atomic E-state index is 0.0709. The van der Waals surface area contributed by atoms with E-state index >= 15 is 0 Å². The fourth-order valence-corrected chi connectivity index (χ4v) is 3.02. The summed E-state index contributed by atoms with van der Waals surface area (Å²) in [6.07, 6.45) is 4.77. The van der Waals surface area contributed by atoms with Crippen LogP contribution in [0.25, 0.3) is 0 Å². The topological polar surface area (TPSA) is 58.4 Å². The lowest BCUT2D eigenvalue weighted by molar-refractivity contribution is -0.122. The standard InChI is InChI=1S/C15H22BrN3O/c1-19(2)13-7-6-11(16)10-12(13)18-14(20)15(17)8-4-3-5-9-15/h6-7,10H,3-5,8-9,17H2,1-2H3,(H,18,20). The summed E-state index contributed by atoms with van der Waals surface area (Å²) in [5.74, 6) is -0.0709. The van der Waals surface area contributed by atoms with Gasteiger partial charge in [-0.05, 0) is 31.0 Å². The first-order chi connectivity index (χ1) is 9.42. The van der Waals surface area contributed by atoms with Crippen molar-refractivity contribution in [3.63, 3.8) is 0 Å². The molecule has 1 aromatic carbocycles. The first kappa shape index (κ1) is 15.3. The minimum Gasteiger partial charge on any atom is -0.376 e. The number of hydrogen-bond donors (Lipinski definition) is 2. The SMILES string of the molecule is CN(C)c1ccc(Br)cc1NC(=O)C1(N)CCCCC1. The summed E-state index contributed by atoms with van der Waals surface area (Å²) in [7, 11) is 3.91. The third-order valence-corrected chi connectivity index (χ3v) is 4.38. The first-order valence-corrected chi connectivity index (χ1v) is 7.79. The Kier molecular flexibility index (Phi) is 4.70. The maximum Gasteiger partial charge on any atom is 0.244 e. The predicted molar refractivity (Wildman–Crippen MR) is 87.1 cm³/mol. The number of rotatable bonds is 3. The smallest absolute Gasteiger partial charge is 0.244 e. The Morgan fingerprint density at radius 2 is 1.95 bits per heavy atom. The van der Waals surface area contributed by atoms with Crippen molar-refractivity contribution in [1.82, 2.24) is 0 Å². The Balaban J connectivity index is 2.20. The van der Waals surface area contributed by atoms with Gasteiger partial charge in [-0.1, -0.05) is 35.2 Å². The van der Waals surface area contributed by atoms with E-state index in [4.69, 9.17) is 5.73 Å². The zero-order valence-electron chi connectivity index (χ0n) is 12.1. The number of carbonyl (C=O) groups is 1. The van der Waals surface area contributed by atoms with Crippen molar-refractivity contribution in [3.05, 3.63) is 22.7 Å². The van der Waals surface area contributed by atoms with Gasteiger partial charge in [-0.2, -0.15) is 0 Å². The van der Waals surface area contributed by atoms with E-state index in [9.17, 15) is 4.79 Å². The average Bonchev–Trinajstić information content (AvgIpc) is 2.39. The molecule has 4 nitrogen and oxygen atoms in total. The highest BCUT2D eigenvalue weighted by Crippen LogP contribution is 2.31. The Labute approximate surface area is 128 Å². The third-order valence-electron chi connectivity index (χ3n) is 3.89. The highest BCUT2D eigenvalue weighted by Gasteiger charge is 2.35.